The summed E-state index contributed by atoms with van der Waals surface area (Å²) >= 11 is 0. The van der Waals surface area contributed by atoms with E-state index in [4.69, 9.17) is 9.47 Å². The Bertz CT molecular complexity index is 1050. The summed E-state index contributed by atoms with van der Waals surface area (Å²) in [7, 11) is 3.29. The molecule has 0 saturated carbocycles. The second-order valence-electron chi connectivity index (χ2n) is 7.65. The van der Waals surface area contributed by atoms with Gasteiger partial charge in [0.25, 0.3) is 5.91 Å². The van der Waals surface area contributed by atoms with Gasteiger partial charge in [-0.25, -0.2) is 0 Å². The first-order valence-electron chi connectivity index (χ1n) is 10.3. The lowest BCUT2D eigenvalue weighted by Gasteiger charge is -2.36. The molecular weight excluding hydrogens is 374 g/mol. The Labute approximate surface area is 178 Å². The Morgan fingerprint density at radius 2 is 1.63 bits per heavy atom. The number of methoxy groups -OCH3 is 2. The maximum atomic E-state index is 13.6. The van der Waals surface area contributed by atoms with Crippen LogP contribution in [0.4, 0.5) is 0 Å². The van der Waals surface area contributed by atoms with Gasteiger partial charge in [-0.15, -0.1) is 0 Å². The van der Waals surface area contributed by atoms with E-state index in [1.807, 2.05) is 53.4 Å². The van der Waals surface area contributed by atoms with E-state index in [0.29, 0.717) is 12.3 Å². The molecule has 3 aromatic carbocycles. The van der Waals surface area contributed by atoms with Gasteiger partial charge >= 0.3 is 0 Å². The van der Waals surface area contributed by atoms with Crippen molar-refractivity contribution in [3.63, 3.8) is 0 Å². The van der Waals surface area contributed by atoms with Crippen molar-refractivity contribution < 1.29 is 14.3 Å². The lowest BCUT2D eigenvalue weighted by atomic mass is 9.91. The van der Waals surface area contributed by atoms with Crippen LogP contribution in [0.3, 0.4) is 0 Å². The maximum absolute atomic E-state index is 13.6. The zero-order chi connectivity index (χ0) is 21.1. The standard InChI is InChI=1S/C26H27NO3/c1-18-23-17-25(30-3)24(29-2)16-21(23)13-14-27(18)26(28)22-12-8-7-11-20(22)15-19-9-5-4-6-10-19/h4-12,16-18H,13-15H2,1-3H3. The molecule has 1 atom stereocenters. The molecule has 0 bridgehead atoms. The molecule has 4 heteroatoms. The van der Waals surface area contributed by atoms with Crippen LogP contribution in [0.25, 0.3) is 0 Å². The summed E-state index contributed by atoms with van der Waals surface area (Å²) in [4.78, 5) is 15.5. The number of carbonyl (C=O) groups excluding carboxylic acids is 1. The predicted molar refractivity (Wildman–Crippen MR) is 118 cm³/mol. The van der Waals surface area contributed by atoms with Crippen LogP contribution in [0.15, 0.2) is 66.7 Å². The molecular formula is C26H27NO3. The fourth-order valence-corrected chi connectivity index (χ4v) is 4.28. The number of nitrogens with zero attached hydrogens (tertiary/aromatic N) is 1. The predicted octanol–water partition coefficient (Wildman–Crippen LogP) is 5.05. The van der Waals surface area contributed by atoms with Gasteiger partial charge in [0.15, 0.2) is 11.5 Å². The highest BCUT2D eigenvalue weighted by molar-refractivity contribution is 5.96. The quantitative estimate of drug-likeness (QED) is 0.600. The lowest BCUT2D eigenvalue weighted by molar-refractivity contribution is 0.0676. The third-order valence-corrected chi connectivity index (χ3v) is 5.93. The molecule has 0 radical (unpaired) electrons. The molecule has 0 spiro atoms. The van der Waals surface area contributed by atoms with E-state index in [0.717, 1.165) is 35.3 Å². The van der Waals surface area contributed by atoms with Crippen LogP contribution in [0, 0.1) is 0 Å². The number of ether oxygens (including phenoxy) is 2. The zero-order valence-corrected chi connectivity index (χ0v) is 17.7. The first kappa shape index (κ1) is 20.0. The van der Waals surface area contributed by atoms with Crippen LogP contribution in [0.2, 0.25) is 0 Å². The second-order valence-corrected chi connectivity index (χ2v) is 7.65. The van der Waals surface area contributed by atoms with Gasteiger partial charge in [-0.2, -0.15) is 0 Å². The van der Waals surface area contributed by atoms with Crippen molar-refractivity contribution in [2.45, 2.75) is 25.8 Å². The van der Waals surface area contributed by atoms with Gasteiger partial charge in [0.1, 0.15) is 0 Å². The van der Waals surface area contributed by atoms with Crippen LogP contribution in [-0.4, -0.2) is 31.6 Å². The molecule has 4 nitrogen and oxygen atoms in total. The van der Waals surface area contributed by atoms with Crippen LogP contribution >= 0.6 is 0 Å². The Kier molecular flexibility index (Phi) is 5.75. The van der Waals surface area contributed by atoms with Crippen molar-refractivity contribution in [1.29, 1.82) is 0 Å². The largest absolute Gasteiger partial charge is 0.493 e. The topological polar surface area (TPSA) is 38.8 Å². The van der Waals surface area contributed by atoms with Crippen molar-refractivity contribution in [1.82, 2.24) is 4.90 Å². The molecule has 3 aromatic rings. The minimum absolute atomic E-state index is 0.0363. The van der Waals surface area contributed by atoms with Gasteiger partial charge in [0.05, 0.1) is 20.3 Å². The molecule has 1 aliphatic heterocycles. The minimum atomic E-state index is -0.0363. The smallest absolute Gasteiger partial charge is 0.254 e. The van der Waals surface area contributed by atoms with Crippen molar-refractivity contribution in [3.05, 3.63) is 94.5 Å². The van der Waals surface area contributed by atoms with E-state index < -0.39 is 0 Å². The molecule has 4 rings (SSSR count). The van der Waals surface area contributed by atoms with E-state index >= 15 is 0 Å². The number of amides is 1. The van der Waals surface area contributed by atoms with Crippen LogP contribution < -0.4 is 9.47 Å². The van der Waals surface area contributed by atoms with Crippen molar-refractivity contribution in [2.75, 3.05) is 20.8 Å². The van der Waals surface area contributed by atoms with Gasteiger partial charge in [0, 0.05) is 12.1 Å². The first-order valence-corrected chi connectivity index (χ1v) is 10.3. The first-order chi connectivity index (χ1) is 14.6. The molecule has 30 heavy (non-hydrogen) atoms. The Morgan fingerprint density at radius 1 is 0.967 bits per heavy atom. The average molecular weight is 402 g/mol. The summed E-state index contributed by atoms with van der Waals surface area (Å²) in [5, 5.41) is 0. The van der Waals surface area contributed by atoms with E-state index in [9.17, 15) is 4.79 Å². The van der Waals surface area contributed by atoms with Gasteiger partial charge in [-0.3, -0.25) is 4.79 Å². The van der Waals surface area contributed by atoms with E-state index in [2.05, 4.69) is 25.1 Å². The van der Waals surface area contributed by atoms with Crippen LogP contribution in [0.1, 0.15) is 45.6 Å². The Morgan fingerprint density at radius 3 is 2.37 bits per heavy atom. The highest BCUT2D eigenvalue weighted by Gasteiger charge is 2.30. The monoisotopic (exact) mass is 401 g/mol. The summed E-state index contributed by atoms with van der Waals surface area (Å²) in [5.74, 6) is 1.51. The summed E-state index contributed by atoms with van der Waals surface area (Å²) in [6, 6.07) is 22.2. The van der Waals surface area contributed by atoms with Gasteiger partial charge in [-0.05, 0) is 60.2 Å². The Hall–Kier alpha value is -3.27. The molecule has 1 amide bonds. The maximum Gasteiger partial charge on any atom is 0.254 e. The van der Waals surface area contributed by atoms with Gasteiger partial charge in [-0.1, -0.05) is 48.5 Å². The number of fused-ring (bicyclic) bond motifs is 1. The van der Waals surface area contributed by atoms with Crippen molar-refractivity contribution in [3.8, 4) is 11.5 Å². The van der Waals surface area contributed by atoms with Crippen LogP contribution in [0.5, 0.6) is 11.5 Å². The Balaban J connectivity index is 1.64. The average Bonchev–Trinajstić information content (AvgIpc) is 2.79. The normalized spacial score (nSPS) is 15.4. The fraction of sp³-hybridized carbons (Fsp3) is 0.269. The second kappa shape index (κ2) is 8.62. The number of hydrogen-bond acceptors (Lipinski definition) is 3. The van der Waals surface area contributed by atoms with E-state index in [1.165, 1.54) is 11.1 Å². The molecule has 0 aromatic heterocycles. The van der Waals surface area contributed by atoms with Crippen molar-refractivity contribution >= 4 is 5.91 Å². The SMILES string of the molecule is COc1cc2c(cc1OC)C(C)N(C(=O)c1ccccc1Cc1ccccc1)CC2. The summed E-state index contributed by atoms with van der Waals surface area (Å²) in [5.41, 5.74) is 5.36. The molecule has 0 saturated heterocycles. The summed E-state index contributed by atoms with van der Waals surface area (Å²) in [6.45, 7) is 2.77. The zero-order valence-electron chi connectivity index (χ0n) is 17.7. The molecule has 0 N–H and O–H groups in total. The highest BCUT2D eigenvalue weighted by Crippen LogP contribution is 2.38. The highest BCUT2D eigenvalue weighted by atomic mass is 16.5. The lowest BCUT2D eigenvalue weighted by Crippen LogP contribution is -2.39. The third-order valence-electron chi connectivity index (χ3n) is 5.93. The minimum Gasteiger partial charge on any atom is -0.493 e. The summed E-state index contributed by atoms with van der Waals surface area (Å²) in [6.07, 6.45) is 1.54. The summed E-state index contributed by atoms with van der Waals surface area (Å²) < 4.78 is 10.9. The number of hydrogen-bond donors (Lipinski definition) is 0. The van der Waals surface area contributed by atoms with Gasteiger partial charge in [0.2, 0.25) is 0 Å². The molecule has 1 unspecified atom stereocenters. The molecule has 0 aliphatic carbocycles. The molecule has 1 heterocycles. The molecule has 154 valence electrons. The van der Waals surface area contributed by atoms with Crippen LogP contribution in [-0.2, 0) is 12.8 Å². The molecule has 0 fully saturated rings. The number of carbonyl (C=O) groups is 1. The number of benzene rings is 3. The van der Waals surface area contributed by atoms with E-state index in [1.54, 1.807) is 14.2 Å². The molecule has 1 aliphatic rings. The van der Waals surface area contributed by atoms with Crippen molar-refractivity contribution in [2.24, 2.45) is 0 Å². The third kappa shape index (κ3) is 3.78. The van der Waals surface area contributed by atoms with E-state index in [-0.39, 0.29) is 11.9 Å². The fourth-order valence-electron chi connectivity index (χ4n) is 4.28. The number of rotatable bonds is 5. The van der Waals surface area contributed by atoms with Gasteiger partial charge < -0.3 is 14.4 Å².